The lowest BCUT2D eigenvalue weighted by molar-refractivity contribution is -0.120. The summed E-state index contributed by atoms with van der Waals surface area (Å²) in [4.78, 5) is 12.0. The van der Waals surface area contributed by atoms with Crippen molar-refractivity contribution in [3.8, 4) is 11.5 Å². The van der Waals surface area contributed by atoms with Crippen LogP contribution in [0.15, 0.2) is 82.4 Å². The maximum absolute atomic E-state index is 12.0. The Hall–Kier alpha value is -3.12. The number of hydrazone groups is 1. The number of halogens is 1. The van der Waals surface area contributed by atoms with Crippen LogP contribution < -0.4 is 14.9 Å². The summed E-state index contributed by atoms with van der Waals surface area (Å²) < 4.78 is 12.1. The summed E-state index contributed by atoms with van der Waals surface area (Å²) in [6.07, 6.45) is 1.84. The summed E-state index contributed by atoms with van der Waals surface area (Å²) in [5, 5.41) is 4.05. The summed E-state index contributed by atoms with van der Waals surface area (Å²) in [6.45, 7) is 0.437. The van der Waals surface area contributed by atoms with Crippen LogP contribution in [-0.4, -0.2) is 19.2 Å². The smallest absolute Gasteiger partial charge is 0.244 e. The predicted octanol–water partition coefficient (Wildman–Crippen LogP) is 4.73. The van der Waals surface area contributed by atoms with E-state index < -0.39 is 0 Å². The molecule has 29 heavy (non-hydrogen) atoms. The zero-order chi connectivity index (χ0) is 20.5. The van der Waals surface area contributed by atoms with Crippen molar-refractivity contribution in [3.63, 3.8) is 0 Å². The Balaban J connectivity index is 1.63. The zero-order valence-electron chi connectivity index (χ0n) is 16.0. The number of carbonyl (C=O) groups is 1. The number of ether oxygens (including phenoxy) is 2. The Labute approximate surface area is 178 Å². The maximum atomic E-state index is 12.0. The number of amides is 1. The van der Waals surface area contributed by atoms with Gasteiger partial charge in [-0.2, -0.15) is 5.10 Å². The first-order chi connectivity index (χ1) is 14.2. The van der Waals surface area contributed by atoms with Crippen LogP contribution in [0.3, 0.4) is 0 Å². The Kier molecular flexibility index (Phi) is 7.41. The molecule has 3 aromatic rings. The molecule has 0 spiro atoms. The molecule has 0 saturated heterocycles. The fourth-order valence-electron chi connectivity index (χ4n) is 2.65. The van der Waals surface area contributed by atoms with Crippen LogP contribution in [0.5, 0.6) is 11.5 Å². The molecule has 3 aromatic carbocycles. The topological polar surface area (TPSA) is 59.9 Å². The molecule has 148 valence electrons. The van der Waals surface area contributed by atoms with Gasteiger partial charge in [-0.05, 0) is 39.2 Å². The number of benzene rings is 3. The molecule has 0 aromatic heterocycles. The summed E-state index contributed by atoms with van der Waals surface area (Å²) >= 11 is 3.52. The Bertz CT molecular complexity index is 976. The maximum Gasteiger partial charge on any atom is 0.244 e. The van der Waals surface area contributed by atoms with Gasteiger partial charge in [-0.1, -0.05) is 60.7 Å². The summed E-state index contributed by atoms with van der Waals surface area (Å²) in [7, 11) is 1.58. The van der Waals surface area contributed by atoms with Crippen LogP contribution in [0.2, 0.25) is 0 Å². The van der Waals surface area contributed by atoms with Gasteiger partial charge < -0.3 is 9.47 Å². The van der Waals surface area contributed by atoms with E-state index in [1.807, 2.05) is 66.7 Å². The number of hydrogen-bond donors (Lipinski definition) is 1. The highest BCUT2D eigenvalue weighted by Gasteiger charge is 2.10. The predicted molar refractivity (Wildman–Crippen MR) is 117 cm³/mol. The molecule has 3 rings (SSSR count). The van der Waals surface area contributed by atoms with E-state index in [2.05, 4.69) is 26.5 Å². The van der Waals surface area contributed by atoms with Crippen molar-refractivity contribution in [1.29, 1.82) is 0 Å². The first kappa shape index (κ1) is 20.6. The quantitative estimate of drug-likeness (QED) is 0.396. The molecular weight excluding hydrogens is 432 g/mol. The molecule has 0 aliphatic heterocycles. The van der Waals surface area contributed by atoms with E-state index in [4.69, 9.17) is 9.47 Å². The number of rotatable bonds is 8. The minimum atomic E-state index is -0.182. The van der Waals surface area contributed by atoms with E-state index >= 15 is 0 Å². The summed E-state index contributed by atoms with van der Waals surface area (Å²) in [6, 6.07) is 23.1. The number of methoxy groups -OCH3 is 1. The Morgan fingerprint density at radius 3 is 2.31 bits per heavy atom. The highest BCUT2D eigenvalue weighted by atomic mass is 79.9. The van der Waals surface area contributed by atoms with E-state index in [1.54, 1.807) is 19.4 Å². The van der Waals surface area contributed by atoms with Gasteiger partial charge in [0.25, 0.3) is 0 Å². The summed E-state index contributed by atoms with van der Waals surface area (Å²) in [5.41, 5.74) is 5.30. The van der Waals surface area contributed by atoms with E-state index in [0.717, 1.165) is 21.2 Å². The van der Waals surface area contributed by atoms with Gasteiger partial charge in [-0.3, -0.25) is 4.79 Å². The third kappa shape index (κ3) is 6.19. The van der Waals surface area contributed by atoms with Crippen molar-refractivity contribution in [2.45, 2.75) is 13.0 Å². The van der Waals surface area contributed by atoms with Gasteiger partial charge in [0.05, 0.1) is 19.7 Å². The molecule has 0 heterocycles. The molecule has 0 aliphatic rings. The van der Waals surface area contributed by atoms with Crippen LogP contribution in [0.4, 0.5) is 0 Å². The average Bonchev–Trinajstić information content (AvgIpc) is 2.75. The molecule has 0 radical (unpaired) electrons. The van der Waals surface area contributed by atoms with E-state index in [1.165, 1.54) is 0 Å². The lowest BCUT2D eigenvalue weighted by Crippen LogP contribution is -2.19. The SMILES string of the molecule is COc1cc(/C=N\NC(=O)Cc2ccccc2)c(Br)cc1OCc1ccccc1. The molecule has 1 amide bonds. The number of nitrogens with one attached hydrogen (secondary N) is 1. The molecule has 0 saturated carbocycles. The summed E-state index contributed by atoms with van der Waals surface area (Å²) in [5.74, 6) is 1.02. The van der Waals surface area contributed by atoms with Crippen molar-refractivity contribution in [2.75, 3.05) is 7.11 Å². The molecule has 0 unspecified atom stereocenters. The average molecular weight is 453 g/mol. The van der Waals surface area contributed by atoms with Gasteiger partial charge in [0.2, 0.25) is 5.91 Å². The minimum absolute atomic E-state index is 0.182. The molecule has 0 fully saturated rings. The molecule has 0 aliphatic carbocycles. The van der Waals surface area contributed by atoms with Crippen molar-refractivity contribution in [1.82, 2.24) is 5.43 Å². The number of carbonyl (C=O) groups excluding carboxylic acids is 1. The molecule has 0 atom stereocenters. The Morgan fingerprint density at radius 2 is 1.66 bits per heavy atom. The fourth-order valence-corrected chi connectivity index (χ4v) is 3.08. The Morgan fingerprint density at radius 1 is 1.00 bits per heavy atom. The van der Waals surface area contributed by atoms with Crippen LogP contribution in [-0.2, 0) is 17.8 Å². The van der Waals surface area contributed by atoms with Gasteiger partial charge in [0.15, 0.2) is 11.5 Å². The van der Waals surface area contributed by atoms with Crippen LogP contribution >= 0.6 is 15.9 Å². The molecule has 5 nitrogen and oxygen atoms in total. The minimum Gasteiger partial charge on any atom is -0.493 e. The molecule has 6 heteroatoms. The normalized spacial score (nSPS) is 10.7. The van der Waals surface area contributed by atoms with Gasteiger partial charge in [-0.25, -0.2) is 5.43 Å². The number of nitrogens with zero attached hydrogens (tertiary/aromatic N) is 1. The van der Waals surface area contributed by atoms with Crippen molar-refractivity contribution in [2.24, 2.45) is 5.10 Å². The monoisotopic (exact) mass is 452 g/mol. The second kappa shape index (κ2) is 10.4. The highest BCUT2D eigenvalue weighted by molar-refractivity contribution is 9.10. The molecule has 1 N–H and O–H groups in total. The number of hydrogen-bond acceptors (Lipinski definition) is 4. The fraction of sp³-hybridized carbons (Fsp3) is 0.130. The largest absolute Gasteiger partial charge is 0.493 e. The van der Waals surface area contributed by atoms with Crippen LogP contribution in [0, 0.1) is 0 Å². The highest BCUT2D eigenvalue weighted by Crippen LogP contribution is 2.33. The second-order valence-electron chi connectivity index (χ2n) is 6.25. The lowest BCUT2D eigenvalue weighted by atomic mass is 10.1. The second-order valence-corrected chi connectivity index (χ2v) is 7.11. The van der Waals surface area contributed by atoms with Crippen LogP contribution in [0.1, 0.15) is 16.7 Å². The lowest BCUT2D eigenvalue weighted by Gasteiger charge is -2.12. The van der Waals surface area contributed by atoms with Crippen LogP contribution in [0.25, 0.3) is 0 Å². The van der Waals surface area contributed by atoms with Crippen molar-refractivity contribution >= 4 is 28.1 Å². The van der Waals surface area contributed by atoms with E-state index in [9.17, 15) is 4.79 Å². The van der Waals surface area contributed by atoms with Gasteiger partial charge in [0.1, 0.15) is 6.61 Å². The molecular formula is C23H21BrN2O3. The van der Waals surface area contributed by atoms with Crippen molar-refractivity contribution < 1.29 is 14.3 Å². The van der Waals surface area contributed by atoms with Gasteiger partial charge >= 0.3 is 0 Å². The van der Waals surface area contributed by atoms with Gasteiger partial charge in [0, 0.05) is 10.0 Å². The third-order valence-corrected chi connectivity index (χ3v) is 4.81. The first-order valence-electron chi connectivity index (χ1n) is 9.06. The van der Waals surface area contributed by atoms with E-state index in [0.29, 0.717) is 18.1 Å². The first-order valence-corrected chi connectivity index (χ1v) is 9.85. The van der Waals surface area contributed by atoms with Gasteiger partial charge in [-0.15, -0.1) is 0 Å². The molecule has 0 bridgehead atoms. The van der Waals surface area contributed by atoms with E-state index in [-0.39, 0.29) is 12.3 Å². The van der Waals surface area contributed by atoms with Crippen molar-refractivity contribution in [3.05, 3.63) is 94.0 Å². The third-order valence-electron chi connectivity index (χ3n) is 4.12. The standard InChI is InChI=1S/C23H21BrN2O3/c1-28-21-13-19(15-25-26-23(27)12-17-8-4-2-5-9-17)20(24)14-22(21)29-16-18-10-6-3-7-11-18/h2-11,13-15H,12,16H2,1H3,(H,26,27)/b25-15-. The zero-order valence-corrected chi connectivity index (χ0v) is 17.6.